The number of carbonyl (C=O) groups excluding carboxylic acids is 1. The van der Waals surface area contributed by atoms with Crippen molar-refractivity contribution in [3.63, 3.8) is 0 Å². The molecule has 0 fully saturated rings. The maximum atomic E-state index is 12.6. The Hall–Kier alpha value is -2.82. The average Bonchev–Trinajstić information content (AvgIpc) is 3.11. The molecule has 1 unspecified atom stereocenters. The third-order valence-corrected chi connectivity index (χ3v) is 5.91. The van der Waals surface area contributed by atoms with E-state index in [1.807, 2.05) is 37.3 Å². The molecule has 3 rings (SSSR count). The van der Waals surface area contributed by atoms with Crippen molar-refractivity contribution in [1.29, 1.82) is 0 Å². The van der Waals surface area contributed by atoms with Crippen molar-refractivity contribution in [3.8, 4) is 5.75 Å². The second-order valence-corrected chi connectivity index (χ2v) is 7.90. The zero-order chi connectivity index (χ0) is 21.7. The van der Waals surface area contributed by atoms with Crippen LogP contribution in [0.25, 0.3) is 11.0 Å². The molecule has 1 heterocycles. The number of nitrogens with one attached hydrogen (secondary N) is 1. The molecule has 0 aliphatic heterocycles. The number of nitrogens with zero attached hydrogens (tertiary/aromatic N) is 2. The molecule has 0 saturated heterocycles. The Morgan fingerprint density at radius 2 is 1.83 bits per heavy atom. The van der Waals surface area contributed by atoms with Gasteiger partial charge in [-0.1, -0.05) is 38.1 Å². The van der Waals surface area contributed by atoms with E-state index in [0.29, 0.717) is 13.2 Å². The molecule has 0 saturated carbocycles. The van der Waals surface area contributed by atoms with E-state index in [-0.39, 0.29) is 17.9 Å². The molecule has 0 aliphatic rings. The predicted molar refractivity (Wildman–Crippen MR) is 122 cm³/mol. The van der Waals surface area contributed by atoms with Gasteiger partial charge in [0.1, 0.15) is 18.2 Å². The fraction of sp³-hybridized carbons (Fsp3) is 0.440. The van der Waals surface area contributed by atoms with E-state index in [0.717, 1.165) is 35.4 Å². The lowest BCUT2D eigenvalue weighted by atomic mass is 10.0. The molecule has 1 N–H and O–H groups in total. The Kier molecular flexibility index (Phi) is 7.14. The predicted octanol–water partition coefficient (Wildman–Crippen LogP) is 5.35. The number of hydrogen-bond donors (Lipinski definition) is 1. The molecule has 0 spiro atoms. The standard InChI is InChI=1S/C25H33N3O2/c1-6-20(7-2)25(29)26-19(5)24-27-21-12-8-9-13-22(21)28(24)15-16-30-23-14-10-11-17(3)18(23)4/h8-14,19-20H,6-7,15-16H2,1-5H3,(H,26,29). The summed E-state index contributed by atoms with van der Waals surface area (Å²) >= 11 is 0. The van der Waals surface area contributed by atoms with Crippen LogP contribution in [0.4, 0.5) is 0 Å². The molecule has 160 valence electrons. The molecule has 1 aromatic heterocycles. The Labute approximate surface area is 179 Å². The molecular weight excluding hydrogens is 374 g/mol. The van der Waals surface area contributed by atoms with Gasteiger partial charge in [-0.25, -0.2) is 4.98 Å². The Bertz CT molecular complexity index is 1000. The second kappa shape index (κ2) is 9.79. The van der Waals surface area contributed by atoms with Crippen LogP contribution < -0.4 is 10.1 Å². The maximum Gasteiger partial charge on any atom is 0.223 e. The molecule has 0 aliphatic carbocycles. The maximum absolute atomic E-state index is 12.6. The van der Waals surface area contributed by atoms with Crippen LogP contribution in [-0.2, 0) is 11.3 Å². The summed E-state index contributed by atoms with van der Waals surface area (Å²) in [4.78, 5) is 17.4. The van der Waals surface area contributed by atoms with Gasteiger partial charge in [-0.2, -0.15) is 0 Å². The van der Waals surface area contributed by atoms with Crippen LogP contribution >= 0.6 is 0 Å². The van der Waals surface area contributed by atoms with Crippen LogP contribution in [-0.4, -0.2) is 22.1 Å². The lowest BCUT2D eigenvalue weighted by Crippen LogP contribution is -2.33. The molecule has 5 heteroatoms. The molecule has 3 aromatic rings. The fourth-order valence-electron chi connectivity index (χ4n) is 3.84. The van der Waals surface area contributed by atoms with Crippen LogP contribution in [0, 0.1) is 19.8 Å². The summed E-state index contributed by atoms with van der Waals surface area (Å²) in [5.41, 5.74) is 4.38. The fourth-order valence-corrected chi connectivity index (χ4v) is 3.84. The summed E-state index contributed by atoms with van der Waals surface area (Å²) in [6.45, 7) is 11.5. The first-order valence-electron chi connectivity index (χ1n) is 10.9. The van der Waals surface area contributed by atoms with Gasteiger partial charge >= 0.3 is 0 Å². The van der Waals surface area contributed by atoms with Gasteiger partial charge in [0.05, 0.1) is 23.6 Å². The van der Waals surface area contributed by atoms with Crippen molar-refractivity contribution < 1.29 is 9.53 Å². The number of fused-ring (bicyclic) bond motifs is 1. The van der Waals surface area contributed by atoms with Gasteiger partial charge in [-0.3, -0.25) is 4.79 Å². The first kappa shape index (κ1) is 21.9. The number of imidazole rings is 1. The van der Waals surface area contributed by atoms with Gasteiger partial charge in [-0.15, -0.1) is 0 Å². The number of rotatable bonds is 9. The van der Waals surface area contributed by atoms with Crippen LogP contribution in [0.15, 0.2) is 42.5 Å². The first-order chi connectivity index (χ1) is 14.5. The molecule has 30 heavy (non-hydrogen) atoms. The summed E-state index contributed by atoms with van der Waals surface area (Å²) < 4.78 is 8.26. The topological polar surface area (TPSA) is 56.2 Å². The summed E-state index contributed by atoms with van der Waals surface area (Å²) in [6.07, 6.45) is 1.68. The number of amides is 1. The Balaban J connectivity index is 1.81. The minimum Gasteiger partial charge on any atom is -0.491 e. The van der Waals surface area contributed by atoms with Gasteiger partial charge in [0.2, 0.25) is 5.91 Å². The highest BCUT2D eigenvalue weighted by Crippen LogP contribution is 2.23. The van der Waals surface area contributed by atoms with E-state index in [4.69, 9.17) is 9.72 Å². The molecule has 0 bridgehead atoms. The van der Waals surface area contributed by atoms with E-state index in [1.165, 1.54) is 11.1 Å². The van der Waals surface area contributed by atoms with Crippen molar-refractivity contribution in [2.75, 3.05) is 6.61 Å². The molecule has 1 atom stereocenters. The molecular formula is C25H33N3O2. The molecule has 5 nitrogen and oxygen atoms in total. The van der Waals surface area contributed by atoms with Crippen molar-refractivity contribution in [2.45, 2.75) is 60.0 Å². The highest BCUT2D eigenvalue weighted by Gasteiger charge is 2.21. The van der Waals surface area contributed by atoms with Gasteiger partial charge in [0.25, 0.3) is 0 Å². The van der Waals surface area contributed by atoms with E-state index >= 15 is 0 Å². The van der Waals surface area contributed by atoms with Crippen LogP contribution in [0.5, 0.6) is 5.75 Å². The van der Waals surface area contributed by atoms with Gasteiger partial charge in [0, 0.05) is 5.92 Å². The number of ether oxygens (including phenoxy) is 1. The van der Waals surface area contributed by atoms with E-state index in [2.05, 4.69) is 49.7 Å². The summed E-state index contributed by atoms with van der Waals surface area (Å²) in [5, 5.41) is 3.16. The summed E-state index contributed by atoms with van der Waals surface area (Å²) in [6, 6.07) is 14.0. The van der Waals surface area contributed by atoms with E-state index in [9.17, 15) is 4.79 Å². The number of benzene rings is 2. The van der Waals surface area contributed by atoms with Gasteiger partial charge in [0.15, 0.2) is 0 Å². The van der Waals surface area contributed by atoms with Crippen LogP contribution in [0.1, 0.15) is 56.6 Å². The Morgan fingerprint density at radius 3 is 2.57 bits per heavy atom. The van der Waals surface area contributed by atoms with Crippen molar-refractivity contribution in [3.05, 3.63) is 59.4 Å². The number of aryl methyl sites for hydroxylation is 1. The number of aromatic nitrogens is 2. The largest absolute Gasteiger partial charge is 0.491 e. The lowest BCUT2D eigenvalue weighted by molar-refractivity contribution is -0.125. The van der Waals surface area contributed by atoms with Gasteiger partial charge in [-0.05, 0) is 62.9 Å². The first-order valence-corrected chi connectivity index (χ1v) is 10.9. The second-order valence-electron chi connectivity index (χ2n) is 7.90. The van der Waals surface area contributed by atoms with E-state index < -0.39 is 0 Å². The highest BCUT2D eigenvalue weighted by molar-refractivity contribution is 5.79. The highest BCUT2D eigenvalue weighted by atomic mass is 16.5. The number of para-hydroxylation sites is 2. The molecule has 1 amide bonds. The number of carbonyl (C=O) groups is 1. The van der Waals surface area contributed by atoms with Crippen molar-refractivity contribution in [1.82, 2.24) is 14.9 Å². The monoisotopic (exact) mass is 407 g/mol. The summed E-state index contributed by atoms with van der Waals surface area (Å²) in [7, 11) is 0. The van der Waals surface area contributed by atoms with E-state index in [1.54, 1.807) is 0 Å². The number of hydrogen-bond acceptors (Lipinski definition) is 3. The molecule has 2 aromatic carbocycles. The SMILES string of the molecule is CCC(CC)C(=O)NC(C)c1nc2ccccc2n1CCOc1cccc(C)c1C. The van der Waals surface area contributed by atoms with Crippen LogP contribution in [0.3, 0.4) is 0 Å². The van der Waals surface area contributed by atoms with Crippen molar-refractivity contribution >= 4 is 16.9 Å². The van der Waals surface area contributed by atoms with Crippen molar-refractivity contribution in [2.24, 2.45) is 5.92 Å². The Morgan fingerprint density at radius 1 is 1.10 bits per heavy atom. The zero-order valence-electron chi connectivity index (χ0n) is 18.7. The quantitative estimate of drug-likeness (QED) is 0.520. The van der Waals surface area contributed by atoms with Gasteiger partial charge < -0.3 is 14.6 Å². The van der Waals surface area contributed by atoms with Crippen LogP contribution in [0.2, 0.25) is 0 Å². The lowest BCUT2D eigenvalue weighted by Gasteiger charge is -2.20. The molecule has 0 radical (unpaired) electrons. The smallest absolute Gasteiger partial charge is 0.223 e. The third kappa shape index (κ3) is 4.66. The zero-order valence-corrected chi connectivity index (χ0v) is 18.7. The summed E-state index contributed by atoms with van der Waals surface area (Å²) in [5.74, 6) is 1.91. The third-order valence-electron chi connectivity index (χ3n) is 5.91. The minimum absolute atomic E-state index is 0.0397. The average molecular weight is 408 g/mol. The normalized spacial score (nSPS) is 12.3. The minimum atomic E-state index is -0.175.